The van der Waals surface area contributed by atoms with Gasteiger partial charge in [-0.3, -0.25) is 4.79 Å². The summed E-state index contributed by atoms with van der Waals surface area (Å²) < 4.78 is 43.0. The number of halogens is 1. The molecule has 29 heavy (non-hydrogen) atoms. The molecule has 0 spiro atoms. The number of nitrogens with zero attached hydrogens (tertiary/aromatic N) is 1. The lowest BCUT2D eigenvalue weighted by Gasteiger charge is -2.35. The number of fused-ring (bicyclic) bond motifs is 1. The van der Waals surface area contributed by atoms with E-state index in [-0.39, 0.29) is 16.6 Å². The number of rotatable bonds is 4. The minimum Gasteiger partial charge on any atom is -0.381 e. The Morgan fingerprint density at radius 3 is 2.52 bits per heavy atom. The van der Waals surface area contributed by atoms with Crippen molar-refractivity contribution in [3.63, 3.8) is 0 Å². The Morgan fingerprint density at radius 2 is 1.86 bits per heavy atom. The second-order valence-corrected chi connectivity index (χ2v) is 10.1. The van der Waals surface area contributed by atoms with Crippen molar-refractivity contribution in [3.05, 3.63) is 53.8 Å². The number of amides is 1. The number of sulfone groups is 1. The lowest BCUT2D eigenvalue weighted by molar-refractivity contribution is -0.125. The predicted octanol–water partition coefficient (Wildman–Crippen LogP) is 3.53. The molecule has 1 saturated heterocycles. The van der Waals surface area contributed by atoms with Gasteiger partial charge < -0.3 is 10.1 Å². The predicted molar refractivity (Wildman–Crippen MR) is 109 cm³/mol. The molecule has 0 aliphatic carbocycles. The molecular formula is C20H19FN2O4S2. The molecule has 0 saturated carbocycles. The summed E-state index contributed by atoms with van der Waals surface area (Å²) in [4.78, 5) is 17.9. The molecule has 0 bridgehead atoms. The van der Waals surface area contributed by atoms with Gasteiger partial charge in [-0.15, -0.1) is 0 Å². The van der Waals surface area contributed by atoms with Crippen LogP contribution in [0, 0.1) is 5.82 Å². The Balaban J connectivity index is 1.66. The van der Waals surface area contributed by atoms with E-state index in [1.54, 1.807) is 24.3 Å². The molecule has 0 unspecified atom stereocenters. The van der Waals surface area contributed by atoms with E-state index in [1.165, 1.54) is 29.5 Å². The summed E-state index contributed by atoms with van der Waals surface area (Å²) in [7, 11) is -3.33. The molecular weight excluding hydrogens is 415 g/mol. The maximum absolute atomic E-state index is 13.4. The zero-order chi connectivity index (χ0) is 20.6. The largest absolute Gasteiger partial charge is 0.381 e. The molecule has 1 aliphatic heterocycles. The highest BCUT2D eigenvalue weighted by Crippen LogP contribution is 2.37. The molecule has 9 heteroatoms. The van der Waals surface area contributed by atoms with Gasteiger partial charge in [0, 0.05) is 19.5 Å². The fourth-order valence-corrected chi connectivity index (χ4v) is 5.16. The molecule has 1 fully saturated rings. The number of hydrogen-bond donors (Lipinski definition) is 1. The van der Waals surface area contributed by atoms with E-state index in [0.717, 1.165) is 11.8 Å². The molecule has 1 amide bonds. The molecule has 1 aliphatic rings. The van der Waals surface area contributed by atoms with Gasteiger partial charge in [0.15, 0.2) is 15.0 Å². The van der Waals surface area contributed by atoms with Crippen LogP contribution >= 0.6 is 11.3 Å². The molecule has 3 aromatic rings. The average Bonchev–Trinajstić information content (AvgIpc) is 3.09. The molecule has 4 rings (SSSR count). The summed E-state index contributed by atoms with van der Waals surface area (Å²) in [6.45, 7) is 0.866. The highest BCUT2D eigenvalue weighted by Gasteiger charge is 2.42. The first kappa shape index (κ1) is 19.9. The van der Waals surface area contributed by atoms with Crippen molar-refractivity contribution in [1.29, 1.82) is 0 Å². The van der Waals surface area contributed by atoms with Crippen molar-refractivity contribution in [2.45, 2.75) is 23.2 Å². The van der Waals surface area contributed by atoms with Gasteiger partial charge in [-0.25, -0.2) is 17.8 Å². The van der Waals surface area contributed by atoms with Gasteiger partial charge in [0.25, 0.3) is 0 Å². The summed E-state index contributed by atoms with van der Waals surface area (Å²) in [5.74, 6) is -0.584. The highest BCUT2D eigenvalue weighted by atomic mass is 32.2. The molecule has 152 valence electrons. The van der Waals surface area contributed by atoms with Crippen LogP contribution in [0.1, 0.15) is 18.4 Å². The molecule has 0 atom stereocenters. The van der Waals surface area contributed by atoms with Crippen molar-refractivity contribution in [3.8, 4) is 0 Å². The number of benzene rings is 2. The maximum Gasteiger partial charge on any atom is 0.236 e. The van der Waals surface area contributed by atoms with Crippen LogP contribution in [0.4, 0.5) is 9.52 Å². The summed E-state index contributed by atoms with van der Waals surface area (Å²) in [6.07, 6.45) is 2.11. The van der Waals surface area contributed by atoms with Crippen LogP contribution in [0.15, 0.2) is 47.4 Å². The quantitative estimate of drug-likeness (QED) is 0.679. The van der Waals surface area contributed by atoms with E-state index in [1.807, 2.05) is 0 Å². The van der Waals surface area contributed by atoms with Crippen LogP contribution in [0.3, 0.4) is 0 Å². The molecule has 1 N–H and O–H groups in total. The Hall–Kier alpha value is -2.36. The van der Waals surface area contributed by atoms with Crippen LogP contribution in [0.2, 0.25) is 0 Å². The van der Waals surface area contributed by atoms with Gasteiger partial charge in [-0.1, -0.05) is 23.5 Å². The van der Waals surface area contributed by atoms with Gasteiger partial charge in [0.05, 0.1) is 20.5 Å². The first-order valence-corrected chi connectivity index (χ1v) is 11.7. The maximum atomic E-state index is 13.4. The van der Waals surface area contributed by atoms with E-state index in [4.69, 9.17) is 4.74 Å². The van der Waals surface area contributed by atoms with Gasteiger partial charge in [0.2, 0.25) is 5.91 Å². The fourth-order valence-electron chi connectivity index (χ4n) is 3.54. The van der Waals surface area contributed by atoms with Crippen LogP contribution in [0.25, 0.3) is 10.2 Å². The highest BCUT2D eigenvalue weighted by molar-refractivity contribution is 7.90. The Morgan fingerprint density at radius 1 is 1.17 bits per heavy atom. The SMILES string of the molecule is CS(=O)(=O)c1ccc2nc(NC(=O)C3(c4ccc(F)cc4)CCOCC3)sc2c1. The average molecular weight is 435 g/mol. The third-order valence-corrected chi connectivity index (χ3v) is 7.23. The number of anilines is 1. The molecule has 6 nitrogen and oxygen atoms in total. The Kier molecular flexibility index (Phi) is 5.14. The topological polar surface area (TPSA) is 85.4 Å². The van der Waals surface area contributed by atoms with E-state index >= 15 is 0 Å². The normalized spacial score (nSPS) is 16.6. The summed E-state index contributed by atoms with van der Waals surface area (Å²) in [5.41, 5.74) is 0.516. The van der Waals surface area contributed by atoms with Crippen LogP contribution < -0.4 is 5.32 Å². The number of carbonyl (C=O) groups excluding carboxylic acids is 1. The summed E-state index contributed by atoms with van der Waals surface area (Å²) in [5, 5.41) is 3.28. The summed E-state index contributed by atoms with van der Waals surface area (Å²) in [6, 6.07) is 10.7. The fraction of sp³-hybridized carbons (Fsp3) is 0.300. The smallest absolute Gasteiger partial charge is 0.236 e. The van der Waals surface area contributed by atoms with Gasteiger partial charge >= 0.3 is 0 Å². The number of nitrogens with one attached hydrogen (secondary N) is 1. The zero-order valence-corrected chi connectivity index (χ0v) is 17.3. The van der Waals surface area contributed by atoms with E-state index in [2.05, 4.69) is 10.3 Å². The second-order valence-electron chi connectivity index (χ2n) is 7.08. The molecule has 2 heterocycles. The minimum atomic E-state index is -3.33. The van der Waals surface area contributed by atoms with Gasteiger partial charge in [0.1, 0.15) is 5.82 Å². The third-order valence-electron chi connectivity index (χ3n) is 5.19. The lowest BCUT2D eigenvalue weighted by Crippen LogP contribution is -2.44. The molecule has 1 aromatic heterocycles. The number of ether oxygens (including phenoxy) is 1. The summed E-state index contributed by atoms with van der Waals surface area (Å²) >= 11 is 1.22. The van der Waals surface area contributed by atoms with Crippen molar-refractivity contribution in [1.82, 2.24) is 4.98 Å². The van der Waals surface area contributed by atoms with Crippen molar-refractivity contribution in [2.75, 3.05) is 24.8 Å². The van der Waals surface area contributed by atoms with Crippen molar-refractivity contribution < 1.29 is 22.3 Å². The van der Waals surface area contributed by atoms with Gasteiger partial charge in [-0.05, 0) is 48.7 Å². The third kappa shape index (κ3) is 3.90. The number of thiazole rings is 1. The number of hydrogen-bond acceptors (Lipinski definition) is 6. The first-order chi connectivity index (χ1) is 13.8. The number of carbonyl (C=O) groups is 1. The Bertz CT molecular complexity index is 1170. The molecule has 2 aromatic carbocycles. The zero-order valence-electron chi connectivity index (χ0n) is 15.6. The van der Waals surface area contributed by atoms with Crippen LogP contribution in [-0.2, 0) is 24.8 Å². The van der Waals surface area contributed by atoms with Crippen LogP contribution in [0.5, 0.6) is 0 Å². The van der Waals surface area contributed by atoms with E-state index in [0.29, 0.717) is 41.4 Å². The van der Waals surface area contributed by atoms with Crippen molar-refractivity contribution >= 4 is 42.4 Å². The minimum absolute atomic E-state index is 0.207. The standard InChI is InChI=1S/C20H19FN2O4S2/c1-29(25,26)15-6-7-16-17(12-15)28-19(22-16)23-18(24)20(8-10-27-11-9-20)13-2-4-14(21)5-3-13/h2-7,12H,8-11H2,1H3,(H,22,23,24). The molecule has 0 radical (unpaired) electrons. The monoisotopic (exact) mass is 434 g/mol. The van der Waals surface area contributed by atoms with E-state index < -0.39 is 15.3 Å². The van der Waals surface area contributed by atoms with Gasteiger partial charge in [-0.2, -0.15) is 0 Å². The second kappa shape index (κ2) is 7.47. The van der Waals surface area contributed by atoms with Crippen LogP contribution in [-0.4, -0.2) is 38.8 Å². The first-order valence-electron chi connectivity index (χ1n) is 9.04. The van der Waals surface area contributed by atoms with E-state index in [9.17, 15) is 17.6 Å². The van der Waals surface area contributed by atoms with Crippen molar-refractivity contribution in [2.24, 2.45) is 0 Å². The lowest BCUT2D eigenvalue weighted by atomic mass is 9.73. The Labute approximate surface area is 171 Å². The number of aromatic nitrogens is 1.